The van der Waals surface area contributed by atoms with Gasteiger partial charge in [0.2, 0.25) is 0 Å². The molecule has 2 fully saturated rings. The molecule has 3 heterocycles. The second-order valence-corrected chi connectivity index (χ2v) is 11.8. The molecule has 11 heteroatoms. The molecule has 0 saturated carbocycles. The van der Waals surface area contributed by atoms with E-state index in [9.17, 15) is 9.59 Å². The number of para-hydroxylation sites is 1. The average molecular weight is 612 g/mol. The van der Waals surface area contributed by atoms with E-state index in [-0.39, 0.29) is 17.9 Å². The molecule has 0 radical (unpaired) electrons. The van der Waals surface area contributed by atoms with Crippen molar-refractivity contribution in [3.05, 3.63) is 52.7 Å². The molecule has 2 amide bonds. The molecule has 10 nitrogen and oxygen atoms in total. The molecule has 43 heavy (non-hydrogen) atoms. The summed E-state index contributed by atoms with van der Waals surface area (Å²) >= 11 is 5.95. The SMILES string of the molecule is CCN(CC)CCNC(=O)c1cc(Cl)c(N)cc1OC.CN1[C@@H]2CCC[C@H]1CC(NC(=O)c1nn(C)c3ccccc13)C2. The molecule has 0 aliphatic carbocycles. The molecule has 2 saturated heterocycles. The van der Waals surface area contributed by atoms with E-state index in [4.69, 9.17) is 22.1 Å². The van der Waals surface area contributed by atoms with Gasteiger partial charge in [0.15, 0.2) is 5.69 Å². The number of carbonyl (C=O) groups is 2. The molecule has 4 N–H and O–H groups in total. The second-order valence-electron chi connectivity index (χ2n) is 11.4. The van der Waals surface area contributed by atoms with Gasteiger partial charge in [0.25, 0.3) is 11.8 Å². The minimum absolute atomic E-state index is 0.0329. The van der Waals surface area contributed by atoms with Crippen LogP contribution in [0, 0.1) is 0 Å². The molecule has 2 aliphatic heterocycles. The Hall–Kier alpha value is -3.34. The summed E-state index contributed by atoms with van der Waals surface area (Å²) in [6.45, 7) is 7.49. The van der Waals surface area contributed by atoms with Crippen molar-refractivity contribution in [2.75, 3.05) is 46.1 Å². The summed E-state index contributed by atoms with van der Waals surface area (Å²) in [5, 5.41) is 11.8. The molecule has 2 aromatic carbocycles. The van der Waals surface area contributed by atoms with Crippen LogP contribution in [0.1, 0.15) is 66.8 Å². The number of methoxy groups -OCH3 is 1. The van der Waals surface area contributed by atoms with Gasteiger partial charge in [0.05, 0.1) is 28.9 Å². The first-order chi connectivity index (χ1) is 20.7. The fraction of sp³-hybridized carbons (Fsp3) is 0.531. The molecule has 1 unspecified atom stereocenters. The van der Waals surface area contributed by atoms with Crippen LogP contribution in [-0.4, -0.2) is 89.9 Å². The predicted octanol–water partition coefficient (Wildman–Crippen LogP) is 4.32. The number of hydrogen-bond donors (Lipinski definition) is 3. The van der Waals surface area contributed by atoms with E-state index >= 15 is 0 Å². The van der Waals surface area contributed by atoms with Crippen LogP contribution in [0.15, 0.2) is 36.4 Å². The maximum absolute atomic E-state index is 12.7. The number of halogens is 1. The van der Waals surface area contributed by atoms with E-state index in [2.05, 4.69) is 46.4 Å². The van der Waals surface area contributed by atoms with Crippen molar-refractivity contribution in [1.29, 1.82) is 0 Å². The first-order valence-corrected chi connectivity index (χ1v) is 15.6. The van der Waals surface area contributed by atoms with Crippen molar-refractivity contribution in [1.82, 2.24) is 30.2 Å². The molecule has 0 spiro atoms. The molecule has 3 aromatic rings. The fourth-order valence-corrected chi connectivity index (χ4v) is 6.41. The molecular formula is C32H46ClN7O3. The summed E-state index contributed by atoms with van der Waals surface area (Å²) in [7, 11) is 5.62. The van der Waals surface area contributed by atoms with Crippen LogP contribution >= 0.6 is 11.6 Å². The van der Waals surface area contributed by atoms with E-state index in [0.29, 0.717) is 46.3 Å². The highest BCUT2D eigenvalue weighted by Gasteiger charge is 2.36. The summed E-state index contributed by atoms with van der Waals surface area (Å²) in [6.07, 6.45) is 5.95. The molecule has 3 atom stereocenters. The Kier molecular flexibility index (Phi) is 11.3. The summed E-state index contributed by atoms with van der Waals surface area (Å²) < 4.78 is 6.95. The van der Waals surface area contributed by atoms with Crippen molar-refractivity contribution in [2.24, 2.45) is 7.05 Å². The van der Waals surface area contributed by atoms with Gasteiger partial charge in [-0.3, -0.25) is 14.3 Å². The standard InChI is InChI=1S/C18H24N4O.C14H22ClN3O2/c1-21-13-6-5-7-14(21)11-12(10-13)19-18(23)17-15-8-3-4-9-16(15)22(2)20-17;1-4-18(5-2)7-6-17-14(19)10-8-11(15)12(16)9-13(10)20-3/h3-4,8-9,12-14H,5-7,10-11H2,1-2H3,(H,19,23);8-9H,4-7,16H2,1-3H3,(H,17,19)/t12?,13-,14+;. The number of nitrogens with two attached hydrogens (primary N) is 1. The monoisotopic (exact) mass is 611 g/mol. The first-order valence-electron chi connectivity index (χ1n) is 15.2. The molecule has 1 aromatic heterocycles. The fourth-order valence-electron chi connectivity index (χ4n) is 6.25. The Morgan fingerprint density at radius 2 is 1.77 bits per heavy atom. The van der Waals surface area contributed by atoms with Gasteiger partial charge in [-0.05, 0) is 58.0 Å². The maximum Gasteiger partial charge on any atom is 0.272 e. The van der Waals surface area contributed by atoms with Gasteiger partial charge in [-0.1, -0.05) is 50.1 Å². The lowest BCUT2D eigenvalue weighted by Crippen LogP contribution is -2.55. The highest BCUT2D eigenvalue weighted by Crippen LogP contribution is 2.33. The number of nitrogens with zero attached hydrogens (tertiary/aromatic N) is 4. The second kappa shape index (κ2) is 14.9. The van der Waals surface area contributed by atoms with Crippen molar-refractivity contribution in [3.63, 3.8) is 0 Å². The zero-order valence-electron chi connectivity index (χ0n) is 26.0. The number of rotatable bonds is 9. The summed E-state index contributed by atoms with van der Waals surface area (Å²) in [5.41, 5.74) is 8.02. The Labute approximate surface area is 259 Å². The quantitative estimate of drug-likeness (QED) is 0.309. The van der Waals surface area contributed by atoms with Crippen molar-refractivity contribution in [3.8, 4) is 5.75 Å². The van der Waals surface area contributed by atoms with Crippen LogP contribution in [0.2, 0.25) is 5.02 Å². The van der Waals surface area contributed by atoms with E-state index in [1.807, 2.05) is 31.3 Å². The zero-order chi connectivity index (χ0) is 31.1. The maximum atomic E-state index is 12.7. The number of aromatic nitrogens is 2. The summed E-state index contributed by atoms with van der Waals surface area (Å²) in [6, 6.07) is 12.5. The van der Waals surface area contributed by atoms with Crippen LogP contribution < -0.4 is 21.1 Å². The predicted molar refractivity (Wildman–Crippen MR) is 173 cm³/mol. The molecule has 5 rings (SSSR count). The number of carbonyl (C=O) groups excluding carboxylic acids is 2. The highest BCUT2D eigenvalue weighted by molar-refractivity contribution is 6.33. The third kappa shape index (κ3) is 7.79. The highest BCUT2D eigenvalue weighted by atomic mass is 35.5. The van der Waals surface area contributed by atoms with Crippen LogP contribution in [-0.2, 0) is 7.05 Å². The number of hydrogen-bond acceptors (Lipinski definition) is 7. The Bertz CT molecular complexity index is 1390. The van der Waals surface area contributed by atoms with Gasteiger partial charge in [0.1, 0.15) is 5.75 Å². The zero-order valence-corrected chi connectivity index (χ0v) is 26.8. The van der Waals surface area contributed by atoms with Gasteiger partial charge >= 0.3 is 0 Å². The number of nitrogen functional groups attached to an aromatic ring is 1. The van der Waals surface area contributed by atoms with Gasteiger partial charge in [-0.25, -0.2) is 0 Å². The van der Waals surface area contributed by atoms with Crippen molar-refractivity contribution in [2.45, 2.75) is 64.1 Å². The number of nitrogens with one attached hydrogen (secondary N) is 2. The van der Waals surface area contributed by atoms with Gasteiger partial charge in [0, 0.05) is 49.7 Å². The van der Waals surface area contributed by atoms with E-state index in [1.165, 1.54) is 32.4 Å². The number of likely N-dealkylation sites (N-methyl/N-ethyl adjacent to an activating group) is 1. The molecular weight excluding hydrogens is 566 g/mol. The largest absolute Gasteiger partial charge is 0.496 e. The van der Waals surface area contributed by atoms with Gasteiger partial charge < -0.3 is 30.9 Å². The van der Waals surface area contributed by atoms with Gasteiger partial charge in [-0.2, -0.15) is 5.10 Å². The lowest BCUT2D eigenvalue weighted by molar-refractivity contribution is 0.0462. The minimum atomic E-state index is -0.212. The number of ether oxygens (including phenoxy) is 1. The number of benzene rings is 2. The van der Waals surface area contributed by atoms with E-state index < -0.39 is 0 Å². The van der Waals surface area contributed by atoms with Crippen molar-refractivity contribution < 1.29 is 14.3 Å². The number of piperidine rings is 2. The summed E-state index contributed by atoms with van der Waals surface area (Å²) in [4.78, 5) is 29.6. The van der Waals surface area contributed by atoms with Crippen LogP contribution in [0.4, 0.5) is 5.69 Å². The number of aryl methyl sites for hydroxylation is 1. The molecule has 2 aliphatic rings. The Balaban J connectivity index is 0.000000200. The minimum Gasteiger partial charge on any atom is -0.496 e. The molecule has 234 valence electrons. The van der Waals surface area contributed by atoms with E-state index in [1.54, 1.807) is 10.7 Å². The smallest absolute Gasteiger partial charge is 0.272 e. The Morgan fingerprint density at radius 1 is 1.09 bits per heavy atom. The number of anilines is 1. The number of amides is 2. The molecule has 2 bridgehead atoms. The first kappa shape index (κ1) is 32.6. The van der Waals surface area contributed by atoms with Gasteiger partial charge in [-0.15, -0.1) is 0 Å². The van der Waals surface area contributed by atoms with Crippen LogP contribution in [0.3, 0.4) is 0 Å². The third-order valence-electron chi connectivity index (χ3n) is 8.82. The van der Waals surface area contributed by atoms with Crippen LogP contribution in [0.25, 0.3) is 10.9 Å². The van der Waals surface area contributed by atoms with E-state index in [0.717, 1.165) is 43.4 Å². The topological polar surface area (TPSA) is 118 Å². The normalized spacial score (nSPS) is 19.9. The summed E-state index contributed by atoms with van der Waals surface area (Å²) in [5.74, 6) is 0.178. The van der Waals surface area contributed by atoms with Crippen molar-refractivity contribution >= 4 is 40.0 Å². The average Bonchev–Trinajstić information content (AvgIpc) is 3.34. The Morgan fingerprint density at radius 3 is 2.42 bits per heavy atom. The van der Waals surface area contributed by atoms with Crippen LogP contribution in [0.5, 0.6) is 5.75 Å². The lowest BCUT2D eigenvalue weighted by Gasteiger charge is -2.47. The number of fused-ring (bicyclic) bond motifs is 3. The third-order valence-corrected chi connectivity index (χ3v) is 9.15. The lowest BCUT2D eigenvalue weighted by atomic mass is 9.82.